The highest BCUT2D eigenvalue weighted by molar-refractivity contribution is 7.98. The summed E-state index contributed by atoms with van der Waals surface area (Å²) in [4.78, 5) is 20.7. The molecule has 1 aliphatic carbocycles. The number of nitrogens with zero attached hydrogens (tertiary/aromatic N) is 2. The van der Waals surface area contributed by atoms with Gasteiger partial charge in [-0.25, -0.2) is 14.8 Å². The van der Waals surface area contributed by atoms with Gasteiger partial charge in [-0.2, -0.15) is 0 Å². The minimum absolute atomic E-state index is 0.218. The van der Waals surface area contributed by atoms with Gasteiger partial charge >= 0.3 is 5.97 Å². The first-order valence-electron chi connectivity index (χ1n) is 8.03. The fourth-order valence-electron chi connectivity index (χ4n) is 3.02. The summed E-state index contributed by atoms with van der Waals surface area (Å²) in [6, 6.07) is 7.57. The number of benzene rings is 1. The molecule has 0 amide bonds. The molecule has 3 rings (SSSR count). The van der Waals surface area contributed by atoms with Crippen LogP contribution < -0.4 is 0 Å². The molecule has 0 saturated heterocycles. The van der Waals surface area contributed by atoms with Crippen molar-refractivity contribution in [2.45, 2.75) is 49.3 Å². The molecule has 1 aromatic heterocycles. The summed E-state index contributed by atoms with van der Waals surface area (Å²) in [5.41, 5.74) is 1.85. The van der Waals surface area contributed by atoms with Crippen LogP contribution in [0.1, 0.15) is 59.0 Å². The molecule has 0 unspecified atom stereocenters. The number of carboxylic acids is 1. The van der Waals surface area contributed by atoms with Crippen molar-refractivity contribution < 1.29 is 9.90 Å². The van der Waals surface area contributed by atoms with Crippen LogP contribution in [0.2, 0.25) is 5.02 Å². The smallest absolute Gasteiger partial charge is 0.340 e. The summed E-state index contributed by atoms with van der Waals surface area (Å²) >= 11 is 7.35. The largest absolute Gasteiger partial charge is 0.478 e. The fourth-order valence-corrected chi connectivity index (χ4v) is 4.18. The summed E-state index contributed by atoms with van der Waals surface area (Å²) in [7, 11) is 0. The average molecular weight is 363 g/mol. The molecular formula is C18H19ClN2O2S. The van der Waals surface area contributed by atoms with E-state index in [4.69, 9.17) is 11.6 Å². The van der Waals surface area contributed by atoms with E-state index >= 15 is 0 Å². The van der Waals surface area contributed by atoms with Gasteiger partial charge in [0.25, 0.3) is 0 Å². The molecule has 0 radical (unpaired) electrons. The molecule has 1 aliphatic rings. The molecule has 1 N–H and O–H groups in total. The third kappa shape index (κ3) is 3.90. The molecule has 126 valence electrons. The number of aromatic carboxylic acids is 1. The molecule has 1 saturated carbocycles. The first kappa shape index (κ1) is 17.2. The van der Waals surface area contributed by atoms with Crippen molar-refractivity contribution in [3.63, 3.8) is 0 Å². The molecule has 0 atom stereocenters. The molecule has 0 aliphatic heterocycles. The number of hydrogen-bond acceptors (Lipinski definition) is 4. The van der Waals surface area contributed by atoms with Crippen LogP contribution in [0.3, 0.4) is 0 Å². The number of thioether (sulfide) groups is 1. The van der Waals surface area contributed by atoms with Gasteiger partial charge in [-0.1, -0.05) is 36.6 Å². The fraction of sp³-hybridized carbons (Fsp3) is 0.389. The Morgan fingerprint density at radius 3 is 2.54 bits per heavy atom. The highest BCUT2D eigenvalue weighted by Gasteiger charge is 2.24. The van der Waals surface area contributed by atoms with Gasteiger partial charge in [0.2, 0.25) is 0 Å². The number of hydrogen-bond donors (Lipinski definition) is 1. The van der Waals surface area contributed by atoms with Gasteiger partial charge in [-0.15, -0.1) is 11.8 Å². The standard InChI is InChI=1S/C18H19ClN2O2S/c1-11-15(18(22)23)17(21-16(20-11)13-4-2-3-5-13)24-10-12-6-8-14(19)9-7-12/h6-9,13H,2-5,10H2,1H3,(H,22,23). The van der Waals surface area contributed by atoms with Crippen molar-refractivity contribution in [1.82, 2.24) is 9.97 Å². The Morgan fingerprint density at radius 2 is 1.92 bits per heavy atom. The maximum absolute atomic E-state index is 11.6. The maximum Gasteiger partial charge on any atom is 0.340 e. The third-order valence-electron chi connectivity index (χ3n) is 4.30. The minimum atomic E-state index is -0.968. The van der Waals surface area contributed by atoms with Crippen LogP contribution in [0.4, 0.5) is 0 Å². The van der Waals surface area contributed by atoms with E-state index in [1.807, 2.05) is 24.3 Å². The zero-order valence-corrected chi connectivity index (χ0v) is 15.0. The first-order valence-corrected chi connectivity index (χ1v) is 9.40. The number of carbonyl (C=O) groups is 1. The Labute approximate surface area is 150 Å². The summed E-state index contributed by atoms with van der Waals surface area (Å²) in [5, 5.41) is 10.8. The quantitative estimate of drug-likeness (QED) is 0.593. The van der Waals surface area contributed by atoms with Crippen molar-refractivity contribution in [3.8, 4) is 0 Å². The van der Waals surface area contributed by atoms with Crippen LogP contribution >= 0.6 is 23.4 Å². The van der Waals surface area contributed by atoms with E-state index in [0.717, 1.165) is 24.2 Å². The predicted octanol–water partition coefficient (Wildman–Crippen LogP) is 5.09. The molecule has 1 heterocycles. The van der Waals surface area contributed by atoms with E-state index < -0.39 is 5.97 Å². The van der Waals surface area contributed by atoms with Gasteiger partial charge < -0.3 is 5.11 Å². The monoisotopic (exact) mass is 362 g/mol. The van der Waals surface area contributed by atoms with Gasteiger partial charge in [0, 0.05) is 16.7 Å². The number of carboxylic acid groups (broad SMARTS) is 1. The molecule has 0 bridgehead atoms. The normalized spacial score (nSPS) is 14.9. The molecule has 4 nitrogen and oxygen atoms in total. The number of rotatable bonds is 5. The number of aryl methyl sites for hydroxylation is 1. The molecule has 1 aromatic carbocycles. The van der Waals surface area contributed by atoms with Gasteiger partial charge in [-0.05, 0) is 37.5 Å². The van der Waals surface area contributed by atoms with Crippen LogP contribution in [0, 0.1) is 6.92 Å². The second-order valence-electron chi connectivity index (χ2n) is 6.05. The Morgan fingerprint density at radius 1 is 1.25 bits per heavy atom. The molecular weight excluding hydrogens is 344 g/mol. The van der Waals surface area contributed by atoms with Crippen molar-refractivity contribution in [3.05, 3.63) is 51.9 Å². The van der Waals surface area contributed by atoms with Gasteiger partial charge in [0.05, 0.1) is 5.69 Å². The zero-order chi connectivity index (χ0) is 17.1. The van der Waals surface area contributed by atoms with Crippen molar-refractivity contribution >= 4 is 29.3 Å². The van der Waals surface area contributed by atoms with E-state index in [2.05, 4.69) is 9.97 Å². The molecule has 0 spiro atoms. The van der Waals surface area contributed by atoms with Gasteiger partial charge in [0.15, 0.2) is 0 Å². The van der Waals surface area contributed by atoms with E-state index in [0.29, 0.717) is 27.4 Å². The van der Waals surface area contributed by atoms with Gasteiger partial charge in [-0.3, -0.25) is 0 Å². The highest BCUT2D eigenvalue weighted by atomic mass is 35.5. The maximum atomic E-state index is 11.6. The summed E-state index contributed by atoms with van der Waals surface area (Å²) < 4.78 is 0. The lowest BCUT2D eigenvalue weighted by Crippen LogP contribution is -2.11. The van der Waals surface area contributed by atoms with Crippen LogP contribution in [-0.4, -0.2) is 21.0 Å². The molecule has 24 heavy (non-hydrogen) atoms. The lowest BCUT2D eigenvalue weighted by molar-refractivity contribution is 0.0690. The van der Waals surface area contributed by atoms with Crippen molar-refractivity contribution in [1.29, 1.82) is 0 Å². The van der Waals surface area contributed by atoms with Crippen LogP contribution in [0.5, 0.6) is 0 Å². The summed E-state index contributed by atoms with van der Waals surface area (Å²) in [6.45, 7) is 1.76. The Balaban J connectivity index is 1.88. The van der Waals surface area contributed by atoms with Crippen LogP contribution in [-0.2, 0) is 5.75 Å². The van der Waals surface area contributed by atoms with E-state index in [1.54, 1.807) is 6.92 Å². The van der Waals surface area contributed by atoms with Gasteiger partial charge in [0.1, 0.15) is 16.4 Å². The topological polar surface area (TPSA) is 63.1 Å². The third-order valence-corrected chi connectivity index (χ3v) is 5.60. The van der Waals surface area contributed by atoms with E-state index in [9.17, 15) is 9.90 Å². The molecule has 2 aromatic rings. The van der Waals surface area contributed by atoms with E-state index in [1.165, 1.54) is 24.6 Å². The number of halogens is 1. The second-order valence-corrected chi connectivity index (χ2v) is 7.45. The lowest BCUT2D eigenvalue weighted by atomic mass is 10.1. The number of aromatic nitrogens is 2. The zero-order valence-electron chi connectivity index (χ0n) is 13.5. The Hall–Kier alpha value is -1.59. The van der Waals surface area contributed by atoms with E-state index in [-0.39, 0.29) is 5.56 Å². The SMILES string of the molecule is Cc1nc(C2CCCC2)nc(SCc2ccc(Cl)cc2)c1C(=O)O. The Bertz CT molecular complexity index is 743. The average Bonchev–Trinajstić information content (AvgIpc) is 3.08. The Kier molecular flexibility index (Phi) is 5.41. The van der Waals surface area contributed by atoms with Crippen LogP contribution in [0.25, 0.3) is 0 Å². The van der Waals surface area contributed by atoms with Crippen molar-refractivity contribution in [2.24, 2.45) is 0 Å². The molecule has 6 heteroatoms. The second kappa shape index (κ2) is 7.53. The minimum Gasteiger partial charge on any atom is -0.478 e. The van der Waals surface area contributed by atoms with Crippen molar-refractivity contribution in [2.75, 3.05) is 0 Å². The molecule has 1 fully saturated rings. The first-order chi connectivity index (χ1) is 11.5. The summed E-state index contributed by atoms with van der Waals surface area (Å²) in [5.74, 6) is 0.844. The summed E-state index contributed by atoms with van der Waals surface area (Å²) in [6.07, 6.45) is 4.57. The lowest BCUT2D eigenvalue weighted by Gasteiger charge is -2.13. The highest BCUT2D eigenvalue weighted by Crippen LogP contribution is 2.35. The predicted molar refractivity (Wildman–Crippen MR) is 96.0 cm³/mol. The van der Waals surface area contributed by atoms with Crippen LogP contribution in [0.15, 0.2) is 29.3 Å².